The number of hydrogen-bond acceptors (Lipinski definition) is 3. The Labute approximate surface area is 114 Å². The standard InChI is InChI=1S/C15H22N2O2/c1-12-6-5-7-13(10-16-2)15(12)19-11-14(18)17-8-3-4-9-17/h5-7,16H,3-4,8-11H2,1-2H3. The molecule has 104 valence electrons. The molecule has 1 amide bonds. The number of para-hydroxylation sites is 1. The summed E-state index contributed by atoms with van der Waals surface area (Å²) in [6.07, 6.45) is 2.22. The van der Waals surface area contributed by atoms with Crippen LogP contribution in [0.25, 0.3) is 0 Å². The first-order chi connectivity index (χ1) is 9.22. The minimum Gasteiger partial charge on any atom is -0.483 e. The van der Waals surface area contributed by atoms with Crippen LogP contribution in [0.1, 0.15) is 24.0 Å². The summed E-state index contributed by atoms with van der Waals surface area (Å²) in [5.41, 5.74) is 2.17. The first-order valence-electron chi connectivity index (χ1n) is 6.86. The highest BCUT2D eigenvalue weighted by Crippen LogP contribution is 2.23. The Hall–Kier alpha value is -1.55. The number of benzene rings is 1. The maximum atomic E-state index is 12.0. The van der Waals surface area contributed by atoms with Crippen LogP contribution < -0.4 is 10.1 Å². The minimum atomic E-state index is 0.0937. The van der Waals surface area contributed by atoms with E-state index in [2.05, 4.69) is 5.32 Å². The number of amides is 1. The molecule has 1 aliphatic rings. The third-order valence-electron chi connectivity index (χ3n) is 3.46. The normalized spacial score (nSPS) is 14.7. The summed E-state index contributed by atoms with van der Waals surface area (Å²) in [5, 5.41) is 3.12. The van der Waals surface area contributed by atoms with Gasteiger partial charge in [-0.05, 0) is 32.4 Å². The largest absolute Gasteiger partial charge is 0.483 e. The second-order valence-corrected chi connectivity index (χ2v) is 4.97. The average molecular weight is 262 g/mol. The van der Waals surface area contributed by atoms with Crippen LogP contribution in [0.4, 0.5) is 0 Å². The Morgan fingerprint density at radius 2 is 2.11 bits per heavy atom. The molecular weight excluding hydrogens is 240 g/mol. The third-order valence-corrected chi connectivity index (χ3v) is 3.46. The fourth-order valence-corrected chi connectivity index (χ4v) is 2.44. The predicted molar refractivity (Wildman–Crippen MR) is 75.3 cm³/mol. The molecule has 1 N–H and O–H groups in total. The van der Waals surface area contributed by atoms with Crippen LogP contribution in [-0.4, -0.2) is 37.6 Å². The molecule has 0 atom stereocenters. The number of likely N-dealkylation sites (tertiary alicyclic amines) is 1. The molecule has 1 aromatic rings. The van der Waals surface area contributed by atoms with Gasteiger partial charge in [-0.25, -0.2) is 0 Å². The van der Waals surface area contributed by atoms with Crippen LogP contribution in [0.3, 0.4) is 0 Å². The average Bonchev–Trinajstić information content (AvgIpc) is 2.92. The monoisotopic (exact) mass is 262 g/mol. The fourth-order valence-electron chi connectivity index (χ4n) is 2.44. The number of aryl methyl sites for hydroxylation is 1. The molecule has 1 aromatic carbocycles. The van der Waals surface area contributed by atoms with Crippen LogP contribution in [0.5, 0.6) is 5.75 Å². The Morgan fingerprint density at radius 1 is 1.37 bits per heavy atom. The van der Waals surface area contributed by atoms with Gasteiger partial charge in [0.15, 0.2) is 6.61 Å². The lowest BCUT2D eigenvalue weighted by Crippen LogP contribution is -2.32. The molecule has 1 fully saturated rings. The molecule has 2 rings (SSSR count). The number of carbonyl (C=O) groups excluding carboxylic acids is 1. The van der Waals surface area contributed by atoms with Crippen molar-refractivity contribution in [1.82, 2.24) is 10.2 Å². The third kappa shape index (κ3) is 3.47. The number of ether oxygens (including phenoxy) is 1. The second kappa shape index (κ2) is 6.57. The van der Waals surface area contributed by atoms with Crippen molar-refractivity contribution in [1.29, 1.82) is 0 Å². The molecule has 0 aromatic heterocycles. The van der Waals surface area contributed by atoms with Gasteiger partial charge in [-0.2, -0.15) is 0 Å². The molecule has 0 aliphatic carbocycles. The zero-order valence-corrected chi connectivity index (χ0v) is 11.7. The van der Waals surface area contributed by atoms with E-state index in [1.807, 2.05) is 37.1 Å². The zero-order valence-electron chi connectivity index (χ0n) is 11.7. The van der Waals surface area contributed by atoms with E-state index in [-0.39, 0.29) is 12.5 Å². The van der Waals surface area contributed by atoms with Crippen molar-refractivity contribution in [2.75, 3.05) is 26.7 Å². The van der Waals surface area contributed by atoms with Gasteiger partial charge in [0.2, 0.25) is 0 Å². The van der Waals surface area contributed by atoms with Gasteiger partial charge in [-0.1, -0.05) is 18.2 Å². The highest BCUT2D eigenvalue weighted by Gasteiger charge is 2.18. The van der Waals surface area contributed by atoms with Crippen LogP contribution >= 0.6 is 0 Å². The van der Waals surface area contributed by atoms with E-state index >= 15 is 0 Å². The molecule has 0 spiro atoms. The van der Waals surface area contributed by atoms with E-state index in [1.54, 1.807) is 0 Å². The van der Waals surface area contributed by atoms with E-state index in [0.29, 0.717) is 0 Å². The minimum absolute atomic E-state index is 0.0937. The number of carbonyl (C=O) groups is 1. The smallest absolute Gasteiger partial charge is 0.260 e. The summed E-state index contributed by atoms with van der Waals surface area (Å²) in [7, 11) is 1.90. The maximum Gasteiger partial charge on any atom is 0.260 e. The fraction of sp³-hybridized carbons (Fsp3) is 0.533. The Balaban J connectivity index is 1.99. The highest BCUT2D eigenvalue weighted by molar-refractivity contribution is 5.78. The Morgan fingerprint density at radius 3 is 2.79 bits per heavy atom. The molecule has 4 heteroatoms. The van der Waals surface area contributed by atoms with Gasteiger partial charge >= 0.3 is 0 Å². The summed E-state index contributed by atoms with van der Waals surface area (Å²) in [4.78, 5) is 13.9. The van der Waals surface area contributed by atoms with Crippen LogP contribution in [0.2, 0.25) is 0 Å². The lowest BCUT2D eigenvalue weighted by Gasteiger charge is -2.18. The Bertz CT molecular complexity index is 440. The van der Waals surface area contributed by atoms with Gasteiger partial charge in [-0.3, -0.25) is 4.79 Å². The van der Waals surface area contributed by atoms with Crippen LogP contribution in [0.15, 0.2) is 18.2 Å². The molecule has 0 unspecified atom stereocenters. The van der Waals surface area contributed by atoms with E-state index in [9.17, 15) is 4.79 Å². The SMILES string of the molecule is CNCc1cccc(C)c1OCC(=O)N1CCCC1. The number of hydrogen-bond donors (Lipinski definition) is 1. The Kier molecular flexibility index (Phi) is 4.80. The lowest BCUT2D eigenvalue weighted by molar-refractivity contribution is -0.132. The number of nitrogens with zero attached hydrogens (tertiary/aromatic N) is 1. The molecule has 1 heterocycles. The van der Waals surface area contributed by atoms with Crippen molar-refractivity contribution < 1.29 is 9.53 Å². The first kappa shape index (κ1) is 13.9. The molecule has 1 saturated heterocycles. The second-order valence-electron chi connectivity index (χ2n) is 4.97. The summed E-state index contributed by atoms with van der Waals surface area (Å²) >= 11 is 0. The van der Waals surface area contributed by atoms with Gasteiger partial charge in [0.1, 0.15) is 5.75 Å². The quantitative estimate of drug-likeness (QED) is 0.878. The topological polar surface area (TPSA) is 41.6 Å². The summed E-state index contributed by atoms with van der Waals surface area (Å²) < 4.78 is 5.76. The number of nitrogens with one attached hydrogen (secondary N) is 1. The van der Waals surface area contributed by atoms with Crippen molar-refractivity contribution in [2.45, 2.75) is 26.3 Å². The van der Waals surface area contributed by atoms with Crippen molar-refractivity contribution in [3.63, 3.8) is 0 Å². The zero-order chi connectivity index (χ0) is 13.7. The van der Waals surface area contributed by atoms with Crippen molar-refractivity contribution in [2.24, 2.45) is 0 Å². The summed E-state index contributed by atoms with van der Waals surface area (Å²) in [6.45, 7) is 4.64. The van der Waals surface area contributed by atoms with Crippen LogP contribution in [0, 0.1) is 6.92 Å². The predicted octanol–water partition coefficient (Wildman–Crippen LogP) is 1.72. The van der Waals surface area contributed by atoms with E-state index in [4.69, 9.17) is 4.74 Å². The molecule has 1 aliphatic heterocycles. The van der Waals surface area contributed by atoms with Crippen molar-refractivity contribution in [3.8, 4) is 5.75 Å². The van der Waals surface area contributed by atoms with E-state index < -0.39 is 0 Å². The van der Waals surface area contributed by atoms with Gasteiger partial charge < -0.3 is 15.0 Å². The molecule has 0 radical (unpaired) electrons. The van der Waals surface area contributed by atoms with Crippen LogP contribution in [-0.2, 0) is 11.3 Å². The lowest BCUT2D eigenvalue weighted by atomic mass is 10.1. The molecular formula is C15H22N2O2. The maximum absolute atomic E-state index is 12.0. The molecule has 0 saturated carbocycles. The van der Waals surface area contributed by atoms with E-state index in [1.165, 1.54) is 0 Å². The van der Waals surface area contributed by atoms with Gasteiger partial charge in [0.25, 0.3) is 5.91 Å². The molecule has 19 heavy (non-hydrogen) atoms. The van der Waals surface area contributed by atoms with Crippen molar-refractivity contribution in [3.05, 3.63) is 29.3 Å². The molecule has 4 nitrogen and oxygen atoms in total. The van der Waals surface area contributed by atoms with Gasteiger partial charge in [0.05, 0.1) is 0 Å². The van der Waals surface area contributed by atoms with Crippen molar-refractivity contribution >= 4 is 5.91 Å². The summed E-state index contributed by atoms with van der Waals surface area (Å²) in [6, 6.07) is 6.05. The first-order valence-corrected chi connectivity index (χ1v) is 6.86. The van der Waals surface area contributed by atoms with Gasteiger partial charge in [0, 0.05) is 25.2 Å². The van der Waals surface area contributed by atoms with E-state index in [0.717, 1.165) is 49.4 Å². The number of rotatable bonds is 5. The van der Waals surface area contributed by atoms with Gasteiger partial charge in [-0.15, -0.1) is 0 Å². The molecule has 0 bridgehead atoms. The highest BCUT2D eigenvalue weighted by atomic mass is 16.5. The summed E-state index contributed by atoms with van der Waals surface area (Å²) in [5.74, 6) is 0.931.